The summed E-state index contributed by atoms with van der Waals surface area (Å²) in [6, 6.07) is 2.94. The molecular weight excluding hydrogens is 298 g/mol. The molecule has 1 aromatic rings. The summed E-state index contributed by atoms with van der Waals surface area (Å²) in [6.07, 6.45) is 3.00. The SMILES string of the molecule is CCCCN(CCO)S(=O)(=O)c1cccnc1C(N)=S. The maximum absolute atomic E-state index is 12.6. The number of aliphatic hydroxyl groups excluding tert-OH is 1. The third-order valence-electron chi connectivity index (χ3n) is 2.73. The van der Waals surface area contributed by atoms with Crippen molar-refractivity contribution in [2.75, 3.05) is 19.7 Å². The highest BCUT2D eigenvalue weighted by Crippen LogP contribution is 2.19. The number of thiocarbonyl (C=S) groups is 1. The zero-order chi connectivity index (χ0) is 15.2. The van der Waals surface area contributed by atoms with Crippen LogP contribution in [0.25, 0.3) is 0 Å². The fourth-order valence-electron chi connectivity index (χ4n) is 1.72. The van der Waals surface area contributed by atoms with Crippen LogP contribution in [0.1, 0.15) is 25.5 Å². The number of hydrogen-bond donors (Lipinski definition) is 2. The molecule has 0 bridgehead atoms. The lowest BCUT2D eigenvalue weighted by molar-refractivity contribution is 0.252. The topological polar surface area (TPSA) is 96.5 Å². The highest BCUT2D eigenvalue weighted by molar-refractivity contribution is 7.89. The molecule has 1 heterocycles. The molecule has 0 amide bonds. The van der Waals surface area contributed by atoms with Crippen LogP contribution in [0.3, 0.4) is 0 Å². The van der Waals surface area contributed by atoms with E-state index in [0.717, 1.165) is 6.42 Å². The quantitative estimate of drug-likeness (QED) is 0.678. The van der Waals surface area contributed by atoms with Crippen molar-refractivity contribution in [3.05, 3.63) is 24.0 Å². The first-order chi connectivity index (χ1) is 9.45. The van der Waals surface area contributed by atoms with Gasteiger partial charge >= 0.3 is 0 Å². The standard InChI is InChI=1S/C12H19N3O3S2/c1-2-3-7-15(8-9-16)20(17,18)10-5-4-6-14-11(10)12(13)19/h4-6,16H,2-3,7-9H2,1H3,(H2,13,19). The van der Waals surface area contributed by atoms with Crippen LogP contribution in [0.5, 0.6) is 0 Å². The average molecular weight is 317 g/mol. The normalized spacial score (nSPS) is 11.8. The predicted octanol–water partition coefficient (Wildman–Crippen LogP) is 0.499. The predicted molar refractivity (Wildman–Crippen MR) is 80.9 cm³/mol. The van der Waals surface area contributed by atoms with Gasteiger partial charge in [0.15, 0.2) is 0 Å². The lowest BCUT2D eigenvalue weighted by atomic mass is 10.3. The molecule has 0 spiro atoms. The first-order valence-corrected chi connectivity index (χ1v) is 8.15. The zero-order valence-electron chi connectivity index (χ0n) is 11.3. The van der Waals surface area contributed by atoms with Crippen molar-refractivity contribution in [2.24, 2.45) is 5.73 Å². The molecule has 3 N–H and O–H groups in total. The van der Waals surface area contributed by atoms with Gasteiger partial charge in [0.05, 0.1) is 6.61 Å². The van der Waals surface area contributed by atoms with Crippen LogP contribution >= 0.6 is 12.2 Å². The highest BCUT2D eigenvalue weighted by Gasteiger charge is 2.27. The number of hydrogen-bond acceptors (Lipinski definition) is 5. The van der Waals surface area contributed by atoms with E-state index >= 15 is 0 Å². The van der Waals surface area contributed by atoms with Gasteiger partial charge in [-0.15, -0.1) is 0 Å². The summed E-state index contributed by atoms with van der Waals surface area (Å²) in [4.78, 5) is 3.85. The molecule has 20 heavy (non-hydrogen) atoms. The Morgan fingerprint density at radius 3 is 2.75 bits per heavy atom. The summed E-state index contributed by atoms with van der Waals surface area (Å²) >= 11 is 4.84. The molecule has 0 fully saturated rings. The van der Waals surface area contributed by atoms with Crippen molar-refractivity contribution < 1.29 is 13.5 Å². The molecule has 8 heteroatoms. The van der Waals surface area contributed by atoms with Gasteiger partial charge in [-0.3, -0.25) is 4.98 Å². The Kier molecular flexibility index (Phi) is 6.47. The van der Waals surface area contributed by atoms with E-state index in [-0.39, 0.29) is 28.7 Å². The monoisotopic (exact) mass is 317 g/mol. The van der Waals surface area contributed by atoms with Gasteiger partial charge in [0.2, 0.25) is 10.0 Å². The number of aromatic nitrogens is 1. The Morgan fingerprint density at radius 1 is 1.50 bits per heavy atom. The molecular formula is C12H19N3O3S2. The summed E-state index contributed by atoms with van der Waals surface area (Å²) in [5.74, 6) is 0. The van der Waals surface area contributed by atoms with Crippen molar-refractivity contribution in [1.82, 2.24) is 9.29 Å². The van der Waals surface area contributed by atoms with Gasteiger partial charge in [0.1, 0.15) is 15.6 Å². The molecule has 1 aromatic heterocycles. The maximum Gasteiger partial charge on any atom is 0.245 e. The van der Waals surface area contributed by atoms with E-state index in [1.165, 1.54) is 22.6 Å². The first-order valence-electron chi connectivity index (χ1n) is 6.31. The molecule has 0 aliphatic carbocycles. The largest absolute Gasteiger partial charge is 0.395 e. The molecule has 0 aromatic carbocycles. The second-order valence-electron chi connectivity index (χ2n) is 4.20. The number of pyridine rings is 1. The minimum Gasteiger partial charge on any atom is -0.395 e. The first kappa shape index (κ1) is 17.0. The fourth-order valence-corrected chi connectivity index (χ4v) is 3.58. The Labute approximate surface area is 124 Å². The van der Waals surface area contributed by atoms with E-state index in [4.69, 9.17) is 23.1 Å². The van der Waals surface area contributed by atoms with Crippen LogP contribution in [0.4, 0.5) is 0 Å². The van der Waals surface area contributed by atoms with Crippen molar-refractivity contribution in [1.29, 1.82) is 0 Å². The number of sulfonamides is 1. The smallest absolute Gasteiger partial charge is 0.245 e. The summed E-state index contributed by atoms with van der Waals surface area (Å²) in [7, 11) is -3.77. The van der Waals surface area contributed by atoms with E-state index in [1.54, 1.807) is 0 Å². The number of aliphatic hydroxyl groups is 1. The molecule has 112 valence electrons. The lowest BCUT2D eigenvalue weighted by Gasteiger charge is -2.22. The molecule has 0 aliphatic heterocycles. The van der Waals surface area contributed by atoms with Crippen LogP contribution in [0.2, 0.25) is 0 Å². The van der Waals surface area contributed by atoms with Crippen LogP contribution in [-0.4, -0.2) is 47.5 Å². The number of nitrogens with zero attached hydrogens (tertiary/aromatic N) is 2. The maximum atomic E-state index is 12.6. The van der Waals surface area contributed by atoms with Gasteiger partial charge in [-0.1, -0.05) is 25.6 Å². The summed E-state index contributed by atoms with van der Waals surface area (Å²) in [5.41, 5.74) is 5.61. The van der Waals surface area contributed by atoms with E-state index < -0.39 is 10.0 Å². The van der Waals surface area contributed by atoms with Crippen molar-refractivity contribution >= 4 is 27.2 Å². The molecule has 0 saturated carbocycles. The van der Waals surface area contributed by atoms with E-state index in [9.17, 15) is 8.42 Å². The second kappa shape index (κ2) is 7.63. The van der Waals surface area contributed by atoms with Gasteiger partial charge in [0, 0.05) is 19.3 Å². The summed E-state index contributed by atoms with van der Waals surface area (Å²) < 4.78 is 26.5. The van der Waals surface area contributed by atoms with Crippen molar-refractivity contribution in [2.45, 2.75) is 24.7 Å². The Bertz CT molecular complexity index is 561. The molecule has 0 unspecified atom stereocenters. The zero-order valence-corrected chi connectivity index (χ0v) is 13.0. The number of rotatable bonds is 8. The molecule has 0 atom stereocenters. The molecule has 0 saturated heterocycles. The van der Waals surface area contributed by atoms with Crippen LogP contribution < -0.4 is 5.73 Å². The Morgan fingerprint density at radius 2 is 2.20 bits per heavy atom. The fraction of sp³-hybridized carbons (Fsp3) is 0.500. The van der Waals surface area contributed by atoms with Gasteiger partial charge in [-0.05, 0) is 18.6 Å². The second-order valence-corrected chi connectivity index (χ2v) is 6.54. The Balaban J connectivity index is 3.22. The van der Waals surface area contributed by atoms with E-state index in [0.29, 0.717) is 13.0 Å². The van der Waals surface area contributed by atoms with Crippen molar-refractivity contribution in [3.63, 3.8) is 0 Å². The molecule has 6 nitrogen and oxygen atoms in total. The third-order valence-corrected chi connectivity index (χ3v) is 4.86. The van der Waals surface area contributed by atoms with Gasteiger partial charge < -0.3 is 10.8 Å². The van der Waals surface area contributed by atoms with Crippen LogP contribution in [0, 0.1) is 0 Å². The Hall–Kier alpha value is -1.09. The molecule has 0 aliphatic rings. The highest BCUT2D eigenvalue weighted by atomic mass is 32.2. The van der Waals surface area contributed by atoms with E-state index in [2.05, 4.69) is 4.98 Å². The van der Waals surface area contributed by atoms with Crippen LogP contribution in [0.15, 0.2) is 23.2 Å². The van der Waals surface area contributed by atoms with Gasteiger partial charge in [0.25, 0.3) is 0 Å². The van der Waals surface area contributed by atoms with Crippen molar-refractivity contribution in [3.8, 4) is 0 Å². The van der Waals surface area contributed by atoms with E-state index in [1.807, 2.05) is 6.92 Å². The minimum absolute atomic E-state index is 0.0166. The van der Waals surface area contributed by atoms with Crippen LogP contribution in [-0.2, 0) is 10.0 Å². The average Bonchev–Trinajstić information content (AvgIpc) is 2.43. The summed E-state index contributed by atoms with van der Waals surface area (Å²) in [5, 5.41) is 9.05. The lowest BCUT2D eigenvalue weighted by Crippen LogP contribution is -2.35. The minimum atomic E-state index is -3.77. The molecule has 1 rings (SSSR count). The van der Waals surface area contributed by atoms with Gasteiger partial charge in [-0.2, -0.15) is 4.31 Å². The van der Waals surface area contributed by atoms with Gasteiger partial charge in [-0.25, -0.2) is 8.42 Å². The summed E-state index contributed by atoms with van der Waals surface area (Å²) in [6.45, 7) is 2.10. The third kappa shape index (κ3) is 3.95. The molecule has 0 radical (unpaired) electrons. The number of nitrogens with two attached hydrogens (primary N) is 1. The number of unbranched alkanes of at least 4 members (excludes halogenated alkanes) is 1.